The number of carboxylic acid groups (broad SMARTS) is 1. The third-order valence-electron chi connectivity index (χ3n) is 5.29. The fraction of sp³-hybridized carbons (Fsp3) is 0.286. The first kappa shape index (κ1) is 22.0. The van der Waals surface area contributed by atoms with Gasteiger partial charge in [0.1, 0.15) is 11.6 Å². The second-order valence-electron chi connectivity index (χ2n) is 7.46. The zero-order chi connectivity index (χ0) is 23.1. The molecule has 0 aliphatic carbocycles. The van der Waals surface area contributed by atoms with Gasteiger partial charge >= 0.3 is 12.1 Å². The number of aliphatic carboxylic acids is 1. The molecule has 4 N–H and O–H groups in total. The van der Waals surface area contributed by atoms with Crippen LogP contribution < -0.4 is 10.5 Å². The van der Waals surface area contributed by atoms with E-state index >= 15 is 0 Å². The maximum atomic E-state index is 13.7. The highest BCUT2D eigenvalue weighted by molar-refractivity contribution is 5.85. The van der Waals surface area contributed by atoms with Gasteiger partial charge in [-0.25, -0.2) is 4.79 Å². The van der Waals surface area contributed by atoms with Crippen LogP contribution >= 0.6 is 0 Å². The second-order valence-corrected chi connectivity index (χ2v) is 7.46. The average Bonchev–Trinajstić information content (AvgIpc) is 3.04. The van der Waals surface area contributed by atoms with Crippen molar-refractivity contribution in [1.29, 1.82) is 5.26 Å². The lowest BCUT2D eigenvalue weighted by Crippen LogP contribution is -2.41. The monoisotopic (exact) mass is 432 g/mol. The lowest BCUT2D eigenvalue weighted by Gasteiger charge is -2.41. The van der Waals surface area contributed by atoms with Crippen LogP contribution in [0.5, 0.6) is 5.88 Å². The maximum absolute atomic E-state index is 13.7. The summed E-state index contributed by atoms with van der Waals surface area (Å²) in [7, 11) is 0. The number of aryl methyl sites for hydroxylation is 1. The van der Waals surface area contributed by atoms with E-state index in [0.29, 0.717) is 11.3 Å². The molecule has 0 fully saturated rings. The molecule has 31 heavy (non-hydrogen) atoms. The van der Waals surface area contributed by atoms with Crippen LogP contribution in [0.3, 0.4) is 0 Å². The Balaban J connectivity index is 2.47. The molecule has 3 rings (SSSR count). The minimum atomic E-state index is -4.71. The number of nitrogens with zero attached hydrogens (tertiary/aromatic N) is 2. The molecule has 1 atom stereocenters. The summed E-state index contributed by atoms with van der Waals surface area (Å²) >= 11 is 0. The number of benzene rings is 1. The molecule has 7 nitrogen and oxygen atoms in total. The molecule has 0 radical (unpaired) electrons. The lowest BCUT2D eigenvalue weighted by atomic mass is 9.61. The minimum Gasteiger partial charge on any atom is -0.478 e. The molecule has 0 saturated carbocycles. The number of allylic oxidation sites excluding steroid dienone is 1. The number of nitriles is 1. The normalized spacial score (nSPS) is 18.8. The number of nitrogens with two attached hydrogens (primary N) is 1. The van der Waals surface area contributed by atoms with Crippen molar-refractivity contribution < 1.29 is 27.8 Å². The number of halogens is 3. The van der Waals surface area contributed by atoms with E-state index in [1.54, 1.807) is 20.8 Å². The topological polar surface area (TPSA) is 125 Å². The Morgan fingerprint density at radius 2 is 2.06 bits per heavy atom. The highest BCUT2D eigenvalue weighted by atomic mass is 19.4. The van der Waals surface area contributed by atoms with Crippen LogP contribution in [-0.2, 0) is 16.4 Å². The molecule has 0 bridgehead atoms. The summed E-state index contributed by atoms with van der Waals surface area (Å²) in [5.41, 5.74) is 4.59. The number of hydrogen-bond acceptors (Lipinski definition) is 5. The number of alkyl halides is 3. The summed E-state index contributed by atoms with van der Waals surface area (Å²) in [5.74, 6) is -1.93. The molecular weight excluding hydrogens is 413 g/mol. The van der Waals surface area contributed by atoms with Crippen molar-refractivity contribution in [3.63, 3.8) is 0 Å². The largest absolute Gasteiger partial charge is 0.478 e. The Hall–Kier alpha value is -3.74. The quantitative estimate of drug-likeness (QED) is 0.630. The summed E-state index contributed by atoms with van der Waals surface area (Å²) in [6.07, 6.45) is -2.90. The standard InChI is InChI=1S/C21H19F3N4O3/c1-10(2)20(15(9-25)18(26)31-19-17(20)11(3)27-28-19)13-6-12(4-5-16(29)30)7-14(8-13)21(22,23)24/h4-8,10H,26H2,1-3H3,(H,27,28)(H,29,30). The zero-order valence-corrected chi connectivity index (χ0v) is 16.8. The van der Waals surface area contributed by atoms with Crippen molar-refractivity contribution >= 4 is 12.0 Å². The Morgan fingerprint density at radius 3 is 2.61 bits per heavy atom. The smallest absolute Gasteiger partial charge is 0.416 e. The Bertz CT molecular complexity index is 1160. The van der Waals surface area contributed by atoms with E-state index in [0.717, 1.165) is 24.3 Å². The van der Waals surface area contributed by atoms with Crippen molar-refractivity contribution in [2.24, 2.45) is 11.7 Å². The van der Waals surface area contributed by atoms with Gasteiger partial charge < -0.3 is 15.6 Å². The van der Waals surface area contributed by atoms with Gasteiger partial charge in [-0.15, -0.1) is 5.10 Å². The van der Waals surface area contributed by atoms with Crippen molar-refractivity contribution in [1.82, 2.24) is 10.2 Å². The number of hydrogen-bond donors (Lipinski definition) is 3. The van der Waals surface area contributed by atoms with E-state index in [2.05, 4.69) is 10.2 Å². The molecule has 1 aliphatic rings. The van der Waals surface area contributed by atoms with Gasteiger partial charge in [0.15, 0.2) is 0 Å². The third kappa shape index (κ3) is 3.52. The van der Waals surface area contributed by atoms with E-state index in [9.17, 15) is 23.2 Å². The number of rotatable bonds is 4. The van der Waals surface area contributed by atoms with Gasteiger partial charge in [0.05, 0.1) is 16.5 Å². The number of nitrogens with one attached hydrogen (secondary N) is 1. The summed E-state index contributed by atoms with van der Waals surface area (Å²) in [4.78, 5) is 10.9. The first-order valence-corrected chi connectivity index (χ1v) is 9.20. The average molecular weight is 432 g/mol. The van der Waals surface area contributed by atoms with Crippen molar-refractivity contribution in [2.75, 3.05) is 0 Å². The number of ether oxygens (including phenoxy) is 1. The van der Waals surface area contributed by atoms with Crippen LogP contribution in [0.4, 0.5) is 13.2 Å². The lowest BCUT2D eigenvalue weighted by molar-refractivity contribution is -0.137. The zero-order valence-electron chi connectivity index (χ0n) is 16.8. The molecule has 10 heteroatoms. The van der Waals surface area contributed by atoms with Gasteiger partial charge in [-0.2, -0.15) is 18.4 Å². The van der Waals surface area contributed by atoms with Crippen LogP contribution in [0.1, 0.15) is 41.8 Å². The first-order valence-electron chi connectivity index (χ1n) is 9.20. The number of aromatic amines is 1. The van der Waals surface area contributed by atoms with Crippen LogP contribution in [0.15, 0.2) is 35.7 Å². The summed E-state index contributed by atoms with van der Waals surface area (Å²) in [6, 6.07) is 5.22. The van der Waals surface area contributed by atoms with Gasteiger partial charge in [-0.1, -0.05) is 19.9 Å². The van der Waals surface area contributed by atoms with Crippen LogP contribution in [0.2, 0.25) is 0 Å². The fourth-order valence-corrected chi connectivity index (χ4v) is 4.07. The Labute approximate surface area is 175 Å². The SMILES string of the molecule is Cc1[nH]nc2c1C(c1cc(C=CC(=O)O)cc(C(F)(F)F)c1)(C(C)C)C(C#N)=C(N)O2. The highest BCUT2D eigenvalue weighted by Crippen LogP contribution is 2.53. The highest BCUT2D eigenvalue weighted by Gasteiger charge is 2.51. The molecule has 162 valence electrons. The van der Waals surface area contributed by atoms with Gasteiger partial charge in [-0.3, -0.25) is 5.10 Å². The third-order valence-corrected chi connectivity index (χ3v) is 5.29. The predicted molar refractivity (Wildman–Crippen MR) is 105 cm³/mol. The van der Waals surface area contributed by atoms with E-state index in [1.807, 2.05) is 6.07 Å². The van der Waals surface area contributed by atoms with Gasteiger partial charge in [0, 0.05) is 11.8 Å². The van der Waals surface area contributed by atoms with E-state index in [-0.39, 0.29) is 28.5 Å². The van der Waals surface area contributed by atoms with E-state index in [1.165, 1.54) is 6.07 Å². The molecule has 1 aromatic heterocycles. The molecule has 1 aliphatic heterocycles. The van der Waals surface area contributed by atoms with Crippen molar-refractivity contribution in [3.8, 4) is 11.9 Å². The molecule has 0 spiro atoms. The number of carboxylic acids is 1. The van der Waals surface area contributed by atoms with Crippen LogP contribution in [0.25, 0.3) is 6.08 Å². The maximum Gasteiger partial charge on any atom is 0.416 e. The van der Waals surface area contributed by atoms with E-state index in [4.69, 9.17) is 15.6 Å². The first-order chi connectivity index (χ1) is 14.4. The van der Waals surface area contributed by atoms with Gasteiger partial charge in [-0.05, 0) is 42.2 Å². The van der Waals surface area contributed by atoms with Gasteiger partial charge in [0.25, 0.3) is 0 Å². The van der Waals surface area contributed by atoms with Crippen LogP contribution in [-0.4, -0.2) is 21.3 Å². The second kappa shape index (κ2) is 7.50. The predicted octanol–water partition coefficient (Wildman–Crippen LogP) is 3.86. The molecule has 1 aromatic carbocycles. The summed E-state index contributed by atoms with van der Waals surface area (Å²) in [5, 5.41) is 25.6. The van der Waals surface area contributed by atoms with Crippen molar-refractivity contribution in [2.45, 2.75) is 32.4 Å². The number of fused-ring (bicyclic) bond motifs is 1. The fourth-order valence-electron chi connectivity index (χ4n) is 4.07. The molecular formula is C21H19F3N4O3. The molecule has 0 amide bonds. The summed E-state index contributed by atoms with van der Waals surface area (Å²) < 4.78 is 46.6. The molecule has 2 heterocycles. The number of H-pyrrole nitrogens is 1. The van der Waals surface area contributed by atoms with Gasteiger partial charge in [0.2, 0.25) is 11.8 Å². The molecule has 2 aromatic rings. The molecule has 0 saturated heterocycles. The minimum absolute atomic E-state index is 0.0114. The number of carbonyl (C=O) groups is 1. The van der Waals surface area contributed by atoms with Crippen molar-refractivity contribution in [3.05, 3.63) is 63.7 Å². The summed E-state index contributed by atoms with van der Waals surface area (Å²) in [6.45, 7) is 5.17. The van der Waals surface area contributed by atoms with Crippen LogP contribution in [0, 0.1) is 24.2 Å². The van der Waals surface area contributed by atoms with E-state index < -0.39 is 29.0 Å². The Kier molecular flexibility index (Phi) is 5.31. The number of aromatic nitrogens is 2. The molecule has 1 unspecified atom stereocenters. The Morgan fingerprint density at radius 1 is 1.39 bits per heavy atom.